The minimum absolute atomic E-state index is 0.0700. The second-order valence-corrected chi connectivity index (χ2v) is 9.04. The van der Waals surface area contributed by atoms with Crippen molar-refractivity contribution < 1.29 is 13.2 Å². The molecule has 132 valence electrons. The van der Waals surface area contributed by atoms with Gasteiger partial charge in [-0.25, -0.2) is 13.4 Å². The number of thiophene rings is 1. The molecule has 0 saturated carbocycles. The van der Waals surface area contributed by atoms with Gasteiger partial charge in [0.1, 0.15) is 0 Å². The molecule has 3 rings (SSSR count). The van der Waals surface area contributed by atoms with Gasteiger partial charge in [-0.2, -0.15) is 11.3 Å². The summed E-state index contributed by atoms with van der Waals surface area (Å²) in [6.45, 7) is 2.76. The first kappa shape index (κ1) is 17.6. The summed E-state index contributed by atoms with van der Waals surface area (Å²) in [7, 11) is -1.33. The SMILES string of the molecule is CN(Cc1ccsc1)Cc1cnc(S(C)(=O)=O)n1C[C@@H]1CCCO1. The summed E-state index contributed by atoms with van der Waals surface area (Å²) in [6.07, 6.45) is 4.95. The molecule has 0 amide bonds. The molecule has 1 atom stereocenters. The third-order valence-electron chi connectivity index (χ3n) is 4.11. The Balaban J connectivity index is 1.79. The Labute approximate surface area is 147 Å². The van der Waals surface area contributed by atoms with Crippen LogP contribution in [0.2, 0.25) is 0 Å². The second-order valence-electron chi connectivity index (χ2n) is 6.35. The Bertz CT molecular complexity index is 763. The quantitative estimate of drug-likeness (QED) is 0.748. The monoisotopic (exact) mass is 369 g/mol. The molecule has 1 fully saturated rings. The van der Waals surface area contributed by atoms with Crippen molar-refractivity contribution in [3.8, 4) is 0 Å². The van der Waals surface area contributed by atoms with Gasteiger partial charge in [0.25, 0.3) is 0 Å². The minimum atomic E-state index is -3.36. The molecule has 2 aromatic heterocycles. The van der Waals surface area contributed by atoms with E-state index < -0.39 is 9.84 Å². The summed E-state index contributed by atoms with van der Waals surface area (Å²) in [5.74, 6) is 0. The van der Waals surface area contributed by atoms with Crippen LogP contribution in [-0.2, 0) is 34.2 Å². The van der Waals surface area contributed by atoms with Crippen LogP contribution in [0.1, 0.15) is 24.1 Å². The lowest BCUT2D eigenvalue weighted by Crippen LogP contribution is -2.24. The Kier molecular flexibility index (Phi) is 5.39. The molecule has 0 bridgehead atoms. The molecule has 2 aromatic rings. The van der Waals surface area contributed by atoms with E-state index in [0.29, 0.717) is 13.1 Å². The first-order valence-corrected chi connectivity index (χ1v) is 10.8. The largest absolute Gasteiger partial charge is 0.376 e. The molecule has 3 heterocycles. The third kappa shape index (κ3) is 4.24. The van der Waals surface area contributed by atoms with Crippen LogP contribution in [0.5, 0.6) is 0 Å². The number of rotatable bonds is 7. The van der Waals surface area contributed by atoms with Gasteiger partial charge in [0.15, 0.2) is 0 Å². The second kappa shape index (κ2) is 7.35. The van der Waals surface area contributed by atoms with Gasteiger partial charge in [-0.05, 0) is 42.3 Å². The van der Waals surface area contributed by atoms with E-state index >= 15 is 0 Å². The average molecular weight is 370 g/mol. The maximum absolute atomic E-state index is 12.0. The van der Waals surface area contributed by atoms with Gasteiger partial charge in [0, 0.05) is 26.0 Å². The van der Waals surface area contributed by atoms with Gasteiger partial charge >= 0.3 is 0 Å². The van der Waals surface area contributed by atoms with Gasteiger partial charge < -0.3 is 9.30 Å². The summed E-state index contributed by atoms with van der Waals surface area (Å²) in [4.78, 5) is 6.34. The van der Waals surface area contributed by atoms with Crippen LogP contribution < -0.4 is 0 Å². The van der Waals surface area contributed by atoms with Crippen molar-refractivity contribution in [1.29, 1.82) is 0 Å². The van der Waals surface area contributed by atoms with E-state index in [1.807, 2.05) is 11.6 Å². The molecule has 8 heteroatoms. The van der Waals surface area contributed by atoms with Crippen LogP contribution in [0.3, 0.4) is 0 Å². The Morgan fingerprint density at radius 1 is 1.46 bits per heavy atom. The Hall–Kier alpha value is -1.22. The minimum Gasteiger partial charge on any atom is -0.376 e. The standard InChI is InChI=1S/C16H23N3O3S2/c1-18(9-13-5-7-23-12-13)10-14-8-17-16(24(2,20)21)19(14)11-15-4-3-6-22-15/h5,7-8,12,15H,3-4,6,9-11H2,1-2H3/t15-/m0/s1. The zero-order valence-corrected chi connectivity index (χ0v) is 15.6. The van der Waals surface area contributed by atoms with Crippen molar-refractivity contribution in [3.63, 3.8) is 0 Å². The normalized spacial score (nSPS) is 18.5. The molecule has 1 aliphatic heterocycles. The molecular formula is C16H23N3O3S2. The molecule has 0 aromatic carbocycles. The van der Waals surface area contributed by atoms with Crippen LogP contribution in [0.15, 0.2) is 28.2 Å². The predicted octanol–water partition coefficient (Wildman–Crippen LogP) is 2.16. The summed E-state index contributed by atoms with van der Waals surface area (Å²) in [5, 5.41) is 4.33. The van der Waals surface area contributed by atoms with Gasteiger partial charge in [0.05, 0.1) is 24.5 Å². The molecule has 0 unspecified atom stereocenters. The van der Waals surface area contributed by atoms with E-state index in [1.165, 1.54) is 11.8 Å². The summed E-state index contributed by atoms with van der Waals surface area (Å²) < 4.78 is 31.6. The molecule has 0 aliphatic carbocycles. The molecule has 1 saturated heterocycles. The van der Waals surface area contributed by atoms with Gasteiger partial charge in [-0.15, -0.1) is 0 Å². The first-order valence-electron chi connectivity index (χ1n) is 7.99. The highest BCUT2D eigenvalue weighted by atomic mass is 32.2. The number of sulfone groups is 1. The maximum atomic E-state index is 12.0. The smallest absolute Gasteiger partial charge is 0.227 e. The number of aromatic nitrogens is 2. The number of hydrogen-bond acceptors (Lipinski definition) is 6. The topological polar surface area (TPSA) is 64.4 Å². The fourth-order valence-electron chi connectivity index (χ4n) is 3.03. The Morgan fingerprint density at radius 2 is 2.29 bits per heavy atom. The molecule has 0 N–H and O–H groups in total. The molecule has 0 radical (unpaired) electrons. The van der Waals surface area contributed by atoms with Crippen molar-refractivity contribution in [2.45, 2.75) is 43.7 Å². The van der Waals surface area contributed by atoms with E-state index in [4.69, 9.17) is 4.74 Å². The fraction of sp³-hybridized carbons (Fsp3) is 0.562. The van der Waals surface area contributed by atoms with E-state index in [9.17, 15) is 8.42 Å². The van der Waals surface area contributed by atoms with Crippen LogP contribution in [0.25, 0.3) is 0 Å². The van der Waals surface area contributed by atoms with E-state index in [-0.39, 0.29) is 11.3 Å². The highest BCUT2D eigenvalue weighted by Gasteiger charge is 2.24. The van der Waals surface area contributed by atoms with Crippen LogP contribution in [0, 0.1) is 0 Å². The molecule has 1 aliphatic rings. The molecule has 24 heavy (non-hydrogen) atoms. The van der Waals surface area contributed by atoms with Crippen LogP contribution >= 0.6 is 11.3 Å². The highest BCUT2D eigenvalue weighted by molar-refractivity contribution is 7.90. The van der Waals surface area contributed by atoms with E-state index in [1.54, 1.807) is 17.5 Å². The number of hydrogen-bond donors (Lipinski definition) is 0. The molecule has 0 spiro atoms. The van der Waals surface area contributed by atoms with Gasteiger partial charge in [0.2, 0.25) is 15.0 Å². The predicted molar refractivity (Wildman–Crippen MR) is 93.8 cm³/mol. The average Bonchev–Trinajstić information content (AvgIpc) is 3.21. The zero-order chi connectivity index (χ0) is 17.2. The first-order chi connectivity index (χ1) is 11.4. The molecular weight excluding hydrogens is 346 g/mol. The van der Waals surface area contributed by atoms with Crippen molar-refractivity contribution >= 4 is 21.2 Å². The lowest BCUT2D eigenvalue weighted by atomic mass is 10.2. The van der Waals surface area contributed by atoms with Crippen molar-refractivity contribution in [3.05, 3.63) is 34.3 Å². The lowest BCUT2D eigenvalue weighted by Gasteiger charge is -2.19. The Morgan fingerprint density at radius 3 is 2.92 bits per heavy atom. The fourth-order valence-corrected chi connectivity index (χ4v) is 4.52. The number of imidazole rings is 1. The number of ether oxygens (including phenoxy) is 1. The van der Waals surface area contributed by atoms with Gasteiger partial charge in [-0.3, -0.25) is 4.90 Å². The van der Waals surface area contributed by atoms with Crippen molar-refractivity contribution in [2.24, 2.45) is 0 Å². The van der Waals surface area contributed by atoms with Crippen LogP contribution in [-0.4, -0.2) is 48.9 Å². The van der Waals surface area contributed by atoms with Gasteiger partial charge in [-0.1, -0.05) is 0 Å². The van der Waals surface area contributed by atoms with Crippen molar-refractivity contribution in [2.75, 3.05) is 19.9 Å². The zero-order valence-electron chi connectivity index (χ0n) is 14.0. The molecule has 6 nitrogen and oxygen atoms in total. The lowest BCUT2D eigenvalue weighted by molar-refractivity contribution is 0.0934. The summed E-state index contributed by atoms with van der Waals surface area (Å²) in [5.41, 5.74) is 2.17. The number of nitrogens with zero attached hydrogens (tertiary/aromatic N) is 3. The van der Waals surface area contributed by atoms with Crippen molar-refractivity contribution in [1.82, 2.24) is 14.5 Å². The van der Waals surface area contributed by atoms with Crippen LogP contribution in [0.4, 0.5) is 0 Å². The maximum Gasteiger partial charge on any atom is 0.227 e. The highest BCUT2D eigenvalue weighted by Crippen LogP contribution is 2.20. The third-order valence-corrected chi connectivity index (χ3v) is 5.83. The van der Waals surface area contributed by atoms with E-state index in [2.05, 4.69) is 26.7 Å². The summed E-state index contributed by atoms with van der Waals surface area (Å²) in [6, 6.07) is 2.10. The van der Waals surface area contributed by atoms with E-state index in [0.717, 1.165) is 31.7 Å². The summed E-state index contributed by atoms with van der Waals surface area (Å²) >= 11 is 1.68.